The van der Waals surface area contributed by atoms with E-state index in [0.29, 0.717) is 59.9 Å². The SMILES string of the molecule is CCOC(=O)CN(Cc1cc(C(=O)OC)ccc1NCc1ccc(OC2CCN(C(=O)OC(C)(C)C)CC2)cc1)C(=O)c1ccc(Cl)cc1. The predicted octanol–water partition coefficient (Wildman–Crippen LogP) is 6.72. The molecule has 0 radical (unpaired) electrons. The lowest BCUT2D eigenvalue weighted by molar-refractivity contribution is -0.143. The molecule has 1 saturated heterocycles. The topological polar surface area (TPSA) is 124 Å². The van der Waals surface area contributed by atoms with Gasteiger partial charge in [-0.2, -0.15) is 0 Å². The number of rotatable bonds is 12. The van der Waals surface area contributed by atoms with E-state index in [-0.39, 0.29) is 31.9 Å². The Morgan fingerprint density at radius 3 is 2.20 bits per heavy atom. The Morgan fingerprint density at radius 1 is 0.939 bits per heavy atom. The van der Waals surface area contributed by atoms with Crippen molar-refractivity contribution >= 4 is 41.2 Å². The molecule has 0 saturated carbocycles. The summed E-state index contributed by atoms with van der Waals surface area (Å²) in [4.78, 5) is 54.0. The highest BCUT2D eigenvalue weighted by Crippen LogP contribution is 2.25. The number of nitrogens with one attached hydrogen (secondary N) is 1. The van der Waals surface area contributed by atoms with Crippen LogP contribution in [-0.4, -0.2) is 78.8 Å². The molecule has 4 rings (SSSR count). The van der Waals surface area contributed by atoms with Crippen LogP contribution in [0.5, 0.6) is 5.75 Å². The smallest absolute Gasteiger partial charge is 0.410 e. The van der Waals surface area contributed by atoms with Gasteiger partial charge in [-0.15, -0.1) is 0 Å². The number of ether oxygens (including phenoxy) is 4. The maximum absolute atomic E-state index is 13.6. The molecule has 49 heavy (non-hydrogen) atoms. The van der Waals surface area contributed by atoms with Gasteiger partial charge in [0.1, 0.15) is 24.0 Å². The number of carbonyl (C=O) groups is 4. The first-order valence-electron chi connectivity index (χ1n) is 16.2. The number of methoxy groups -OCH3 is 1. The van der Waals surface area contributed by atoms with Crippen LogP contribution in [0.2, 0.25) is 5.02 Å². The normalized spacial score (nSPS) is 13.3. The van der Waals surface area contributed by atoms with Gasteiger partial charge < -0.3 is 34.1 Å². The highest BCUT2D eigenvalue weighted by Gasteiger charge is 2.28. The Bertz CT molecular complexity index is 1600. The van der Waals surface area contributed by atoms with Gasteiger partial charge >= 0.3 is 18.0 Å². The molecule has 3 aromatic carbocycles. The van der Waals surface area contributed by atoms with Crippen LogP contribution in [-0.2, 0) is 32.1 Å². The average molecular weight is 694 g/mol. The largest absolute Gasteiger partial charge is 0.490 e. The third-order valence-corrected chi connectivity index (χ3v) is 7.95. The molecule has 1 aliphatic heterocycles. The first-order chi connectivity index (χ1) is 23.3. The summed E-state index contributed by atoms with van der Waals surface area (Å²) in [6.45, 7) is 8.72. The Hall–Kier alpha value is -4.77. The van der Waals surface area contributed by atoms with Crippen molar-refractivity contribution in [2.45, 2.75) is 65.3 Å². The highest BCUT2D eigenvalue weighted by atomic mass is 35.5. The van der Waals surface area contributed by atoms with Gasteiger partial charge in [0.25, 0.3) is 5.91 Å². The quantitative estimate of drug-likeness (QED) is 0.163. The Morgan fingerprint density at radius 2 is 1.59 bits per heavy atom. The Kier molecular flexibility index (Phi) is 12.9. The summed E-state index contributed by atoms with van der Waals surface area (Å²) in [5.41, 5.74) is 2.36. The predicted molar refractivity (Wildman–Crippen MR) is 186 cm³/mol. The van der Waals surface area contributed by atoms with Gasteiger partial charge in [-0.1, -0.05) is 23.7 Å². The summed E-state index contributed by atoms with van der Waals surface area (Å²) in [7, 11) is 1.30. The van der Waals surface area contributed by atoms with Gasteiger partial charge in [-0.25, -0.2) is 9.59 Å². The van der Waals surface area contributed by atoms with Crippen LogP contribution in [0.1, 0.15) is 72.4 Å². The van der Waals surface area contributed by atoms with E-state index >= 15 is 0 Å². The second kappa shape index (κ2) is 17.1. The highest BCUT2D eigenvalue weighted by molar-refractivity contribution is 6.30. The molecule has 3 aromatic rings. The second-order valence-corrected chi connectivity index (χ2v) is 13.1. The molecule has 0 atom stereocenters. The minimum absolute atomic E-state index is 0.00691. The van der Waals surface area contributed by atoms with E-state index in [1.54, 1.807) is 54.3 Å². The number of anilines is 1. The molecule has 1 fully saturated rings. The number of amides is 2. The van der Waals surface area contributed by atoms with Crippen molar-refractivity contribution in [2.75, 3.05) is 38.7 Å². The van der Waals surface area contributed by atoms with Crippen LogP contribution in [0.25, 0.3) is 0 Å². The second-order valence-electron chi connectivity index (χ2n) is 12.6. The Balaban J connectivity index is 1.44. The number of likely N-dealkylation sites (tertiary alicyclic amines) is 1. The molecule has 0 unspecified atom stereocenters. The van der Waals surface area contributed by atoms with Crippen molar-refractivity contribution in [3.63, 3.8) is 0 Å². The van der Waals surface area contributed by atoms with Crippen molar-refractivity contribution < 1.29 is 38.1 Å². The van der Waals surface area contributed by atoms with Crippen LogP contribution in [0.4, 0.5) is 10.5 Å². The van der Waals surface area contributed by atoms with Gasteiger partial charge in [-0.3, -0.25) is 9.59 Å². The standard InChI is InChI=1S/C37H44ClN3O8/c1-6-47-33(42)24-41(34(43)26-9-12-29(38)13-10-26)23-28-21-27(35(44)46-5)11-16-32(28)39-22-25-7-14-30(15-8-25)48-31-17-19-40(20-18-31)36(45)49-37(2,3)4/h7-16,21,31,39H,6,17-20,22-24H2,1-5H3. The minimum atomic E-state index is -0.556. The van der Waals surface area contributed by atoms with E-state index in [1.807, 2.05) is 45.0 Å². The number of hydrogen-bond donors (Lipinski definition) is 1. The van der Waals surface area contributed by atoms with Gasteiger partial charge in [0.2, 0.25) is 0 Å². The molecule has 0 spiro atoms. The summed E-state index contributed by atoms with van der Waals surface area (Å²) in [5, 5.41) is 3.88. The third kappa shape index (κ3) is 11.1. The number of halogens is 1. The van der Waals surface area contributed by atoms with Crippen molar-refractivity contribution in [1.29, 1.82) is 0 Å². The lowest BCUT2D eigenvalue weighted by atomic mass is 10.1. The van der Waals surface area contributed by atoms with Crippen LogP contribution in [0, 0.1) is 0 Å². The number of benzene rings is 3. The fourth-order valence-electron chi connectivity index (χ4n) is 5.24. The number of piperidine rings is 1. The molecular weight excluding hydrogens is 650 g/mol. The Labute approximate surface area is 292 Å². The summed E-state index contributed by atoms with van der Waals surface area (Å²) in [6, 6.07) is 19.1. The molecule has 1 N–H and O–H groups in total. The fraction of sp³-hybridized carbons (Fsp3) is 0.405. The number of esters is 2. The van der Waals surface area contributed by atoms with Crippen LogP contribution < -0.4 is 10.1 Å². The number of hydrogen-bond acceptors (Lipinski definition) is 9. The number of carbonyl (C=O) groups excluding carboxylic acids is 4. The monoisotopic (exact) mass is 693 g/mol. The van der Waals surface area contributed by atoms with Crippen LogP contribution >= 0.6 is 11.6 Å². The van der Waals surface area contributed by atoms with Gasteiger partial charge in [0, 0.05) is 55.3 Å². The van der Waals surface area contributed by atoms with Crippen molar-refractivity contribution in [3.8, 4) is 5.75 Å². The lowest BCUT2D eigenvalue weighted by Gasteiger charge is -2.33. The molecule has 262 valence electrons. The fourth-order valence-corrected chi connectivity index (χ4v) is 5.37. The van der Waals surface area contributed by atoms with Crippen molar-refractivity contribution in [2.24, 2.45) is 0 Å². The summed E-state index contributed by atoms with van der Waals surface area (Å²) in [5.74, 6) is -0.748. The van der Waals surface area contributed by atoms with Gasteiger partial charge in [0.05, 0.1) is 19.3 Å². The van der Waals surface area contributed by atoms with Crippen LogP contribution in [0.15, 0.2) is 66.7 Å². The van der Waals surface area contributed by atoms with Crippen molar-refractivity contribution in [3.05, 3.63) is 94.0 Å². The third-order valence-electron chi connectivity index (χ3n) is 7.69. The summed E-state index contributed by atoms with van der Waals surface area (Å²) < 4.78 is 21.8. The van der Waals surface area contributed by atoms with E-state index in [9.17, 15) is 19.2 Å². The van der Waals surface area contributed by atoms with E-state index < -0.39 is 23.4 Å². The summed E-state index contributed by atoms with van der Waals surface area (Å²) >= 11 is 6.03. The maximum atomic E-state index is 13.6. The maximum Gasteiger partial charge on any atom is 0.410 e. The van der Waals surface area contributed by atoms with E-state index in [4.69, 9.17) is 30.5 Å². The molecule has 2 amide bonds. The molecule has 1 heterocycles. The minimum Gasteiger partial charge on any atom is -0.490 e. The molecular formula is C37H44ClN3O8. The van der Waals surface area contributed by atoms with Gasteiger partial charge in [-0.05, 0) is 93.4 Å². The molecule has 12 heteroatoms. The summed E-state index contributed by atoms with van der Waals surface area (Å²) in [6.07, 6.45) is 1.11. The zero-order valence-corrected chi connectivity index (χ0v) is 29.4. The molecule has 0 bridgehead atoms. The van der Waals surface area contributed by atoms with Crippen molar-refractivity contribution in [1.82, 2.24) is 9.80 Å². The van der Waals surface area contributed by atoms with E-state index in [2.05, 4.69) is 5.32 Å². The lowest BCUT2D eigenvalue weighted by Crippen LogP contribution is -2.44. The first-order valence-corrected chi connectivity index (χ1v) is 16.6. The van der Waals surface area contributed by atoms with Gasteiger partial charge in [0.15, 0.2) is 0 Å². The van der Waals surface area contributed by atoms with E-state index in [1.165, 1.54) is 12.0 Å². The zero-order valence-electron chi connectivity index (χ0n) is 28.6. The molecule has 0 aromatic heterocycles. The average Bonchev–Trinajstić information content (AvgIpc) is 3.07. The zero-order chi connectivity index (χ0) is 35.6. The molecule has 0 aliphatic carbocycles. The number of nitrogens with zero attached hydrogens (tertiary/aromatic N) is 2. The van der Waals surface area contributed by atoms with E-state index in [0.717, 1.165) is 11.3 Å². The first kappa shape index (κ1) is 37.1. The molecule has 1 aliphatic rings. The van der Waals surface area contributed by atoms with Crippen LogP contribution in [0.3, 0.4) is 0 Å². The molecule has 11 nitrogen and oxygen atoms in total.